The number of morpholine rings is 1. The van der Waals surface area contributed by atoms with Crippen molar-refractivity contribution < 1.29 is 4.74 Å². The topological polar surface area (TPSA) is 53.5 Å². The monoisotopic (exact) mass is 372 g/mol. The molecule has 6 nitrogen and oxygen atoms in total. The standard InChI is InChI=1S/C19H26N5OS/c1-15-13-20-19(26-15)22-17-11-16(14-23-7-9-25-10-8-23)12-18(21-17)24-5-3-2-4-6-24/h2,11-13H,3-10,14H2,1H3,(H,20,21,22). The first-order valence-electron chi connectivity index (χ1n) is 9.33. The van der Waals surface area contributed by atoms with Crippen LogP contribution in [0.5, 0.6) is 0 Å². The van der Waals surface area contributed by atoms with E-state index in [4.69, 9.17) is 9.72 Å². The van der Waals surface area contributed by atoms with E-state index in [1.165, 1.54) is 10.4 Å². The van der Waals surface area contributed by atoms with Crippen molar-refractivity contribution in [2.45, 2.75) is 26.3 Å². The molecule has 139 valence electrons. The zero-order valence-electron chi connectivity index (χ0n) is 15.3. The highest BCUT2D eigenvalue weighted by molar-refractivity contribution is 7.15. The van der Waals surface area contributed by atoms with E-state index in [0.717, 1.165) is 75.5 Å². The Kier molecular flexibility index (Phi) is 5.67. The Bertz CT molecular complexity index is 722. The summed E-state index contributed by atoms with van der Waals surface area (Å²) in [7, 11) is 0. The zero-order chi connectivity index (χ0) is 17.8. The number of nitrogens with zero attached hydrogens (tertiary/aromatic N) is 4. The second-order valence-corrected chi connectivity index (χ2v) is 8.10. The summed E-state index contributed by atoms with van der Waals surface area (Å²) in [5.74, 6) is 1.95. The minimum absolute atomic E-state index is 0.823. The predicted octanol–water partition coefficient (Wildman–Crippen LogP) is 3.23. The maximum atomic E-state index is 5.48. The van der Waals surface area contributed by atoms with Crippen molar-refractivity contribution in [2.75, 3.05) is 49.6 Å². The highest BCUT2D eigenvalue weighted by Crippen LogP contribution is 2.26. The Morgan fingerprint density at radius 3 is 2.69 bits per heavy atom. The normalized spacial score (nSPS) is 18.9. The third-order valence-corrected chi connectivity index (χ3v) is 5.60. The molecule has 2 aromatic rings. The fraction of sp³-hybridized carbons (Fsp3) is 0.526. The summed E-state index contributed by atoms with van der Waals surface area (Å²) in [5, 5.41) is 4.30. The summed E-state index contributed by atoms with van der Waals surface area (Å²) in [6.07, 6.45) is 6.52. The van der Waals surface area contributed by atoms with Crippen molar-refractivity contribution in [3.63, 3.8) is 0 Å². The van der Waals surface area contributed by atoms with Gasteiger partial charge in [0.1, 0.15) is 11.6 Å². The van der Waals surface area contributed by atoms with Crippen molar-refractivity contribution in [2.24, 2.45) is 0 Å². The Morgan fingerprint density at radius 2 is 1.96 bits per heavy atom. The van der Waals surface area contributed by atoms with E-state index in [2.05, 4.69) is 45.6 Å². The first-order valence-corrected chi connectivity index (χ1v) is 10.1. The summed E-state index contributed by atoms with van der Waals surface area (Å²) in [4.78, 5) is 15.3. The van der Waals surface area contributed by atoms with Crippen LogP contribution in [-0.4, -0.2) is 54.3 Å². The number of thiazole rings is 1. The second kappa shape index (κ2) is 8.33. The van der Waals surface area contributed by atoms with E-state index in [-0.39, 0.29) is 0 Å². The van der Waals surface area contributed by atoms with Gasteiger partial charge in [-0.1, -0.05) is 0 Å². The number of aryl methyl sites for hydroxylation is 1. The van der Waals surface area contributed by atoms with Gasteiger partial charge >= 0.3 is 0 Å². The molecule has 0 unspecified atom stereocenters. The first-order chi connectivity index (χ1) is 12.8. The minimum atomic E-state index is 0.823. The largest absolute Gasteiger partial charge is 0.379 e. The zero-order valence-corrected chi connectivity index (χ0v) is 16.1. The molecule has 0 saturated carbocycles. The summed E-state index contributed by atoms with van der Waals surface area (Å²) < 4.78 is 5.48. The van der Waals surface area contributed by atoms with Crippen molar-refractivity contribution in [1.82, 2.24) is 14.9 Å². The molecule has 1 N–H and O–H groups in total. The minimum Gasteiger partial charge on any atom is -0.379 e. The number of pyridine rings is 1. The lowest BCUT2D eigenvalue weighted by Crippen LogP contribution is -2.36. The molecule has 2 aliphatic rings. The number of aromatic nitrogens is 2. The number of nitrogens with one attached hydrogen (secondary N) is 1. The van der Waals surface area contributed by atoms with Crippen molar-refractivity contribution >= 4 is 28.1 Å². The summed E-state index contributed by atoms with van der Waals surface area (Å²) in [6.45, 7) is 8.72. The number of hydrogen-bond acceptors (Lipinski definition) is 7. The van der Waals surface area contributed by atoms with Crippen molar-refractivity contribution in [3.05, 3.63) is 35.2 Å². The fourth-order valence-electron chi connectivity index (χ4n) is 3.41. The molecule has 1 radical (unpaired) electrons. The maximum absolute atomic E-state index is 5.48. The lowest BCUT2D eigenvalue weighted by atomic mass is 10.1. The van der Waals surface area contributed by atoms with Gasteiger partial charge in [0.25, 0.3) is 0 Å². The number of anilines is 3. The molecule has 4 heterocycles. The molecule has 0 spiro atoms. The molecule has 0 atom stereocenters. The van der Waals surface area contributed by atoms with E-state index in [1.807, 2.05) is 6.20 Å². The van der Waals surface area contributed by atoms with Crippen LogP contribution in [0.15, 0.2) is 18.3 Å². The van der Waals surface area contributed by atoms with Gasteiger partial charge < -0.3 is 15.0 Å². The van der Waals surface area contributed by atoms with E-state index in [9.17, 15) is 0 Å². The predicted molar refractivity (Wildman–Crippen MR) is 106 cm³/mol. The molecule has 2 aliphatic heterocycles. The Morgan fingerprint density at radius 1 is 1.15 bits per heavy atom. The quantitative estimate of drug-likeness (QED) is 0.870. The lowest BCUT2D eigenvalue weighted by molar-refractivity contribution is 0.0342. The van der Waals surface area contributed by atoms with E-state index >= 15 is 0 Å². The molecule has 7 heteroatoms. The summed E-state index contributed by atoms with van der Waals surface area (Å²) >= 11 is 1.66. The average Bonchev–Trinajstić information content (AvgIpc) is 3.08. The molecule has 0 aromatic carbocycles. The molecule has 4 rings (SSSR count). The third kappa shape index (κ3) is 4.52. The molecular formula is C19H26N5OS. The van der Waals surface area contributed by atoms with Crippen LogP contribution >= 0.6 is 11.3 Å². The van der Waals surface area contributed by atoms with Crippen molar-refractivity contribution in [1.29, 1.82) is 0 Å². The highest BCUT2D eigenvalue weighted by Gasteiger charge is 2.17. The number of piperidine rings is 1. The van der Waals surface area contributed by atoms with Crippen LogP contribution < -0.4 is 10.2 Å². The molecule has 2 aromatic heterocycles. The van der Waals surface area contributed by atoms with Gasteiger partial charge in [0, 0.05) is 43.8 Å². The Hall–Kier alpha value is -1.70. The van der Waals surface area contributed by atoms with Gasteiger partial charge in [-0.05, 0) is 43.9 Å². The van der Waals surface area contributed by atoms with E-state index in [0.29, 0.717) is 0 Å². The molecule has 2 fully saturated rings. The molecule has 0 bridgehead atoms. The molecular weight excluding hydrogens is 346 g/mol. The third-order valence-electron chi connectivity index (χ3n) is 4.77. The van der Waals surface area contributed by atoms with Crippen LogP contribution in [0, 0.1) is 13.3 Å². The van der Waals surface area contributed by atoms with Crippen LogP contribution in [0.1, 0.15) is 23.3 Å². The molecule has 0 aliphatic carbocycles. The van der Waals surface area contributed by atoms with E-state index < -0.39 is 0 Å². The van der Waals surface area contributed by atoms with Crippen molar-refractivity contribution in [3.8, 4) is 0 Å². The summed E-state index contributed by atoms with van der Waals surface area (Å²) in [5.41, 5.74) is 1.29. The van der Waals surface area contributed by atoms with Gasteiger partial charge in [0.05, 0.1) is 13.2 Å². The Labute approximate surface area is 159 Å². The van der Waals surface area contributed by atoms with E-state index in [1.54, 1.807) is 11.3 Å². The SMILES string of the molecule is Cc1cnc(Nc2cc(CN3CCOCC3)cc(N3CC[CH]CC3)n2)s1. The smallest absolute Gasteiger partial charge is 0.188 e. The van der Waals surface area contributed by atoms with Gasteiger partial charge in [-0.3, -0.25) is 4.90 Å². The van der Waals surface area contributed by atoms with Crippen LogP contribution in [0.2, 0.25) is 0 Å². The lowest BCUT2D eigenvalue weighted by Gasteiger charge is -2.30. The van der Waals surface area contributed by atoms with Gasteiger partial charge in [0.15, 0.2) is 5.13 Å². The molecule has 26 heavy (non-hydrogen) atoms. The van der Waals surface area contributed by atoms with Crippen LogP contribution in [0.25, 0.3) is 0 Å². The number of rotatable bonds is 5. The average molecular weight is 373 g/mol. The van der Waals surface area contributed by atoms with Crippen LogP contribution in [0.4, 0.5) is 16.8 Å². The molecule has 2 saturated heterocycles. The Balaban J connectivity index is 1.57. The number of ether oxygens (including phenoxy) is 1. The second-order valence-electron chi connectivity index (χ2n) is 6.86. The first kappa shape index (κ1) is 17.7. The van der Waals surface area contributed by atoms with Gasteiger partial charge in [0.2, 0.25) is 0 Å². The van der Waals surface area contributed by atoms with Crippen LogP contribution in [-0.2, 0) is 11.3 Å². The van der Waals surface area contributed by atoms with Gasteiger partial charge in [-0.25, -0.2) is 9.97 Å². The van der Waals surface area contributed by atoms with Gasteiger partial charge in [-0.15, -0.1) is 11.3 Å². The van der Waals surface area contributed by atoms with Crippen LogP contribution in [0.3, 0.4) is 0 Å². The number of hydrogen-bond donors (Lipinski definition) is 1. The van der Waals surface area contributed by atoms with Gasteiger partial charge in [-0.2, -0.15) is 0 Å². The fourth-order valence-corrected chi connectivity index (χ4v) is 4.08. The molecule has 0 amide bonds. The summed E-state index contributed by atoms with van der Waals surface area (Å²) in [6, 6.07) is 4.41. The maximum Gasteiger partial charge on any atom is 0.188 e. The highest BCUT2D eigenvalue weighted by atomic mass is 32.1.